The summed E-state index contributed by atoms with van der Waals surface area (Å²) in [5, 5.41) is 13.3. The summed E-state index contributed by atoms with van der Waals surface area (Å²) < 4.78 is 6.34. The summed E-state index contributed by atoms with van der Waals surface area (Å²) in [6.45, 7) is 2.01. The van der Waals surface area contributed by atoms with Gasteiger partial charge in [-0.1, -0.05) is 12.1 Å². The van der Waals surface area contributed by atoms with Crippen LogP contribution in [0.25, 0.3) is 0 Å². The van der Waals surface area contributed by atoms with E-state index in [2.05, 4.69) is 27.9 Å². The molecule has 0 radical (unpaired) electrons. The molecule has 0 amide bonds. The summed E-state index contributed by atoms with van der Waals surface area (Å²) in [6, 6.07) is 13.3. The van der Waals surface area contributed by atoms with E-state index in [-0.39, 0.29) is 11.8 Å². The first-order chi connectivity index (χ1) is 9.11. The average molecular weight is 369 g/mol. The summed E-state index contributed by atoms with van der Waals surface area (Å²) in [5.41, 5.74) is 1.87. The first-order valence-corrected chi connectivity index (χ1v) is 7.07. The Kier molecular flexibility index (Phi) is 4.52. The summed E-state index contributed by atoms with van der Waals surface area (Å²) in [5.74, 6) is 1.01. The molecular weight excluding hydrogens is 353 g/mol. The molecule has 0 aliphatic rings. The maximum Gasteiger partial charge on any atom is 0.121 e. The van der Waals surface area contributed by atoms with Crippen LogP contribution < -0.4 is 10.1 Å². The van der Waals surface area contributed by atoms with Gasteiger partial charge >= 0.3 is 0 Å². The largest absolute Gasteiger partial charge is 0.508 e. The van der Waals surface area contributed by atoms with Crippen molar-refractivity contribution in [1.29, 1.82) is 0 Å². The molecule has 2 aromatic carbocycles. The number of phenolic OH excluding ortho intramolecular Hbond substituents is 1. The van der Waals surface area contributed by atoms with Crippen molar-refractivity contribution in [3.8, 4) is 11.5 Å². The number of hydrogen-bond donors (Lipinski definition) is 2. The van der Waals surface area contributed by atoms with Crippen LogP contribution in [-0.2, 0) is 0 Å². The Hall–Kier alpha value is -1.43. The Morgan fingerprint density at radius 3 is 2.63 bits per heavy atom. The van der Waals surface area contributed by atoms with E-state index < -0.39 is 0 Å². The molecule has 4 heteroatoms. The molecule has 2 aromatic rings. The fraction of sp³-hybridized carbons (Fsp3) is 0.200. The average Bonchev–Trinajstić information content (AvgIpc) is 2.42. The molecule has 100 valence electrons. The van der Waals surface area contributed by atoms with E-state index in [1.165, 1.54) is 0 Å². The monoisotopic (exact) mass is 369 g/mol. The topological polar surface area (TPSA) is 41.5 Å². The zero-order valence-electron chi connectivity index (χ0n) is 10.9. The molecule has 0 aliphatic heterocycles. The molecule has 0 spiro atoms. The molecule has 1 atom stereocenters. The third kappa shape index (κ3) is 3.32. The molecule has 0 saturated carbocycles. The number of rotatable bonds is 4. The zero-order chi connectivity index (χ0) is 13.8. The smallest absolute Gasteiger partial charge is 0.121 e. The number of phenols is 1. The van der Waals surface area contributed by atoms with Crippen LogP contribution >= 0.6 is 22.6 Å². The summed E-state index contributed by atoms with van der Waals surface area (Å²) in [7, 11) is 1.62. The maximum absolute atomic E-state index is 9.95. The summed E-state index contributed by atoms with van der Waals surface area (Å²) in [6.07, 6.45) is 0. The van der Waals surface area contributed by atoms with Crippen LogP contribution in [0.1, 0.15) is 18.5 Å². The van der Waals surface area contributed by atoms with Crippen LogP contribution in [0.3, 0.4) is 0 Å². The van der Waals surface area contributed by atoms with Crippen molar-refractivity contribution in [2.24, 2.45) is 0 Å². The van der Waals surface area contributed by atoms with Gasteiger partial charge < -0.3 is 15.2 Å². The van der Waals surface area contributed by atoms with Gasteiger partial charge in [0, 0.05) is 14.8 Å². The Morgan fingerprint density at radius 2 is 1.95 bits per heavy atom. The van der Waals surface area contributed by atoms with Gasteiger partial charge in [-0.3, -0.25) is 0 Å². The molecular formula is C15H16INO2. The highest BCUT2D eigenvalue weighted by Gasteiger charge is 2.12. The number of nitrogens with one attached hydrogen (secondary N) is 1. The van der Waals surface area contributed by atoms with E-state index in [0.717, 1.165) is 20.6 Å². The van der Waals surface area contributed by atoms with Crippen LogP contribution in [0, 0.1) is 3.57 Å². The van der Waals surface area contributed by atoms with E-state index >= 15 is 0 Å². The minimum Gasteiger partial charge on any atom is -0.508 e. The summed E-state index contributed by atoms with van der Waals surface area (Å²) in [4.78, 5) is 0. The van der Waals surface area contributed by atoms with Crippen molar-refractivity contribution in [2.45, 2.75) is 13.0 Å². The van der Waals surface area contributed by atoms with Crippen molar-refractivity contribution in [3.63, 3.8) is 0 Å². The number of aromatic hydroxyl groups is 1. The van der Waals surface area contributed by atoms with E-state index in [1.54, 1.807) is 19.2 Å². The third-order valence-corrected chi connectivity index (χ3v) is 3.89. The summed E-state index contributed by atoms with van der Waals surface area (Å²) >= 11 is 2.29. The van der Waals surface area contributed by atoms with Crippen molar-refractivity contribution in [1.82, 2.24) is 0 Å². The standard InChI is InChI=1S/C15H16INO2/c1-10(17-14-6-4-3-5-13(14)16)12-9-11(19-2)7-8-15(12)18/h3-10,17-18H,1-2H3. The number of hydrogen-bond acceptors (Lipinski definition) is 3. The van der Waals surface area contributed by atoms with Crippen molar-refractivity contribution in [2.75, 3.05) is 12.4 Å². The molecule has 0 aliphatic carbocycles. The lowest BCUT2D eigenvalue weighted by atomic mass is 10.1. The third-order valence-electron chi connectivity index (χ3n) is 2.95. The van der Waals surface area contributed by atoms with Crippen LogP contribution in [-0.4, -0.2) is 12.2 Å². The molecule has 2 rings (SSSR count). The fourth-order valence-corrected chi connectivity index (χ4v) is 2.44. The number of anilines is 1. The van der Waals surface area contributed by atoms with Gasteiger partial charge in [0.15, 0.2) is 0 Å². The van der Waals surface area contributed by atoms with Gasteiger partial charge in [0.2, 0.25) is 0 Å². The minimum absolute atomic E-state index is 0.00832. The lowest BCUT2D eigenvalue weighted by molar-refractivity contribution is 0.410. The van der Waals surface area contributed by atoms with Crippen molar-refractivity contribution >= 4 is 28.3 Å². The van der Waals surface area contributed by atoms with E-state index in [9.17, 15) is 5.11 Å². The van der Waals surface area contributed by atoms with Gasteiger partial charge in [-0.05, 0) is 59.8 Å². The maximum atomic E-state index is 9.95. The first-order valence-electron chi connectivity index (χ1n) is 6.00. The Bertz CT molecular complexity index is 572. The highest BCUT2D eigenvalue weighted by atomic mass is 127. The van der Waals surface area contributed by atoms with Crippen molar-refractivity contribution < 1.29 is 9.84 Å². The second-order valence-electron chi connectivity index (χ2n) is 4.27. The normalized spacial score (nSPS) is 11.9. The second kappa shape index (κ2) is 6.14. The van der Waals surface area contributed by atoms with Gasteiger partial charge in [0.25, 0.3) is 0 Å². The van der Waals surface area contributed by atoms with Gasteiger partial charge in [0.1, 0.15) is 11.5 Å². The van der Waals surface area contributed by atoms with Crippen LogP contribution in [0.15, 0.2) is 42.5 Å². The first kappa shape index (κ1) is 14.0. The Labute approximate surface area is 126 Å². The lowest BCUT2D eigenvalue weighted by Crippen LogP contribution is -2.08. The van der Waals surface area contributed by atoms with Crippen LogP contribution in [0.4, 0.5) is 5.69 Å². The minimum atomic E-state index is -0.00832. The highest BCUT2D eigenvalue weighted by Crippen LogP contribution is 2.31. The molecule has 0 bridgehead atoms. The number of para-hydroxylation sites is 1. The van der Waals surface area contributed by atoms with Crippen molar-refractivity contribution in [3.05, 3.63) is 51.6 Å². The number of benzene rings is 2. The SMILES string of the molecule is COc1ccc(O)c(C(C)Nc2ccccc2I)c1. The van der Waals surface area contributed by atoms with Crippen LogP contribution in [0.2, 0.25) is 0 Å². The fourth-order valence-electron chi connectivity index (χ4n) is 1.90. The predicted molar refractivity (Wildman–Crippen MR) is 85.9 cm³/mol. The van der Waals surface area contributed by atoms with Gasteiger partial charge in [-0.2, -0.15) is 0 Å². The number of methoxy groups -OCH3 is 1. The molecule has 1 unspecified atom stereocenters. The van der Waals surface area contributed by atoms with Gasteiger partial charge in [-0.15, -0.1) is 0 Å². The number of ether oxygens (including phenoxy) is 1. The molecule has 0 fully saturated rings. The van der Waals surface area contributed by atoms with E-state index in [0.29, 0.717) is 0 Å². The Morgan fingerprint density at radius 1 is 1.21 bits per heavy atom. The zero-order valence-corrected chi connectivity index (χ0v) is 13.0. The van der Waals surface area contributed by atoms with E-state index in [4.69, 9.17) is 4.74 Å². The molecule has 19 heavy (non-hydrogen) atoms. The van der Waals surface area contributed by atoms with Gasteiger partial charge in [0.05, 0.1) is 13.2 Å². The lowest BCUT2D eigenvalue weighted by Gasteiger charge is -2.18. The van der Waals surface area contributed by atoms with Gasteiger partial charge in [-0.25, -0.2) is 0 Å². The van der Waals surface area contributed by atoms with E-state index in [1.807, 2.05) is 37.3 Å². The Balaban J connectivity index is 2.25. The molecule has 3 nitrogen and oxygen atoms in total. The second-order valence-corrected chi connectivity index (χ2v) is 5.43. The van der Waals surface area contributed by atoms with Crippen LogP contribution in [0.5, 0.6) is 11.5 Å². The molecule has 0 heterocycles. The predicted octanol–water partition coefficient (Wildman–Crippen LogP) is 4.18. The molecule has 0 saturated heterocycles. The molecule has 0 aromatic heterocycles. The quantitative estimate of drug-likeness (QED) is 0.795. The highest BCUT2D eigenvalue weighted by molar-refractivity contribution is 14.1. The molecule has 2 N–H and O–H groups in total. The number of halogens is 1.